The van der Waals surface area contributed by atoms with Crippen LogP contribution in [-0.4, -0.2) is 29.8 Å². The summed E-state index contributed by atoms with van der Waals surface area (Å²) in [6, 6.07) is 3.35. The fraction of sp³-hybridized carbons (Fsp3) is 0.167. The van der Waals surface area contributed by atoms with Gasteiger partial charge in [0.05, 0.1) is 27.3 Å². The first-order chi connectivity index (χ1) is 10.1. The highest BCUT2D eigenvalue weighted by atomic mass is 35.5. The van der Waals surface area contributed by atoms with Crippen LogP contribution >= 0.6 is 35.0 Å². The van der Waals surface area contributed by atoms with Crippen molar-refractivity contribution in [3.63, 3.8) is 0 Å². The molecule has 0 saturated heterocycles. The second-order valence-corrected chi connectivity index (χ2v) is 5.98. The van der Waals surface area contributed by atoms with Crippen molar-refractivity contribution in [3.05, 3.63) is 34.2 Å². The molecule has 0 aliphatic carbocycles. The van der Waals surface area contributed by atoms with E-state index in [1.165, 1.54) is 11.8 Å². The van der Waals surface area contributed by atoms with Gasteiger partial charge in [0.2, 0.25) is 0 Å². The molecule has 2 heterocycles. The molecule has 108 valence electrons. The highest BCUT2D eigenvalue weighted by Gasteiger charge is 2.11. The number of hydrogen-bond acceptors (Lipinski definition) is 6. The van der Waals surface area contributed by atoms with Gasteiger partial charge in [-0.25, -0.2) is 4.98 Å². The topological polar surface area (TPSA) is 76.7 Å². The largest absolute Gasteiger partial charge is 0.388 e. The summed E-state index contributed by atoms with van der Waals surface area (Å²) >= 11 is 13.2. The summed E-state index contributed by atoms with van der Waals surface area (Å²) in [6.07, 6.45) is 1.63. The Morgan fingerprint density at radius 2 is 1.90 bits per heavy atom. The Morgan fingerprint density at radius 3 is 2.57 bits per heavy atom. The van der Waals surface area contributed by atoms with E-state index in [0.29, 0.717) is 37.1 Å². The summed E-state index contributed by atoms with van der Waals surface area (Å²) < 4.78 is 1.70. The molecule has 9 heteroatoms. The average molecular weight is 342 g/mol. The minimum absolute atomic E-state index is 0.165. The number of hydrogen-bond donors (Lipinski definition) is 1. The lowest BCUT2D eigenvalue weighted by atomic mass is 10.3. The van der Waals surface area contributed by atoms with Crippen molar-refractivity contribution < 1.29 is 5.11 Å². The molecule has 0 radical (unpaired) electrons. The summed E-state index contributed by atoms with van der Waals surface area (Å²) in [5.74, 6) is 0.487. The first kappa shape index (κ1) is 14.5. The quantitative estimate of drug-likeness (QED) is 0.789. The van der Waals surface area contributed by atoms with E-state index in [1.807, 2.05) is 0 Å². The Hall–Kier alpha value is -1.41. The van der Waals surface area contributed by atoms with E-state index in [9.17, 15) is 0 Å². The normalized spacial score (nSPS) is 11.2. The summed E-state index contributed by atoms with van der Waals surface area (Å²) in [7, 11) is 1.78. The molecule has 1 aromatic carbocycles. The minimum atomic E-state index is -0.165. The van der Waals surface area contributed by atoms with Crippen molar-refractivity contribution in [1.29, 1.82) is 0 Å². The molecule has 0 unspecified atom stereocenters. The van der Waals surface area contributed by atoms with E-state index in [4.69, 9.17) is 28.3 Å². The van der Waals surface area contributed by atoms with Crippen LogP contribution in [0.15, 0.2) is 28.5 Å². The van der Waals surface area contributed by atoms with Gasteiger partial charge in [0.25, 0.3) is 0 Å². The Morgan fingerprint density at radius 1 is 1.19 bits per heavy atom. The molecule has 3 aromatic rings. The maximum atomic E-state index is 9.11. The van der Waals surface area contributed by atoms with Crippen molar-refractivity contribution in [2.45, 2.75) is 16.8 Å². The number of fused-ring (bicyclic) bond motifs is 1. The van der Waals surface area contributed by atoms with Gasteiger partial charge >= 0.3 is 0 Å². The zero-order valence-electron chi connectivity index (χ0n) is 10.8. The first-order valence-corrected chi connectivity index (χ1v) is 7.44. The zero-order valence-corrected chi connectivity index (χ0v) is 13.1. The number of benzene rings is 1. The second-order valence-electron chi connectivity index (χ2n) is 4.18. The summed E-state index contributed by atoms with van der Waals surface area (Å²) in [5, 5.41) is 19.1. The van der Waals surface area contributed by atoms with Crippen molar-refractivity contribution in [2.75, 3.05) is 0 Å². The predicted molar refractivity (Wildman–Crippen MR) is 80.6 cm³/mol. The highest BCUT2D eigenvalue weighted by Crippen LogP contribution is 2.29. The first-order valence-electron chi connectivity index (χ1n) is 5.87. The molecule has 0 atom stereocenters. The van der Waals surface area contributed by atoms with E-state index in [2.05, 4.69) is 20.2 Å². The Balaban J connectivity index is 1.97. The van der Waals surface area contributed by atoms with Crippen LogP contribution in [0.5, 0.6) is 0 Å². The van der Waals surface area contributed by atoms with Crippen LogP contribution in [0, 0.1) is 0 Å². The van der Waals surface area contributed by atoms with Gasteiger partial charge in [-0.1, -0.05) is 23.2 Å². The average Bonchev–Trinajstić information content (AvgIpc) is 2.81. The van der Waals surface area contributed by atoms with Gasteiger partial charge in [-0.2, -0.15) is 0 Å². The maximum Gasteiger partial charge on any atom is 0.197 e. The number of halogens is 2. The summed E-state index contributed by atoms with van der Waals surface area (Å²) in [6.45, 7) is -0.165. The molecule has 0 bridgehead atoms. The molecule has 0 aliphatic heterocycles. The van der Waals surface area contributed by atoms with Crippen LogP contribution in [-0.2, 0) is 13.7 Å². The Kier molecular flexibility index (Phi) is 3.99. The van der Waals surface area contributed by atoms with Gasteiger partial charge in [-0.15, -0.1) is 10.2 Å². The fourth-order valence-corrected chi connectivity index (χ4v) is 2.78. The van der Waals surface area contributed by atoms with Gasteiger partial charge in [0.1, 0.15) is 11.6 Å². The van der Waals surface area contributed by atoms with Gasteiger partial charge in [-0.05, 0) is 23.9 Å². The van der Waals surface area contributed by atoms with E-state index in [0.717, 1.165) is 0 Å². The lowest BCUT2D eigenvalue weighted by molar-refractivity contribution is 0.266. The van der Waals surface area contributed by atoms with Crippen LogP contribution in [0.25, 0.3) is 11.0 Å². The predicted octanol–water partition coefficient (Wildman–Crippen LogP) is 2.71. The lowest BCUT2D eigenvalue weighted by Crippen LogP contribution is -1.98. The molecule has 0 aliphatic rings. The molecule has 3 rings (SSSR count). The molecule has 0 saturated carbocycles. The van der Waals surface area contributed by atoms with Crippen LogP contribution in [0.2, 0.25) is 10.0 Å². The van der Waals surface area contributed by atoms with E-state index in [-0.39, 0.29) is 6.61 Å². The van der Waals surface area contributed by atoms with Crippen LogP contribution in [0.1, 0.15) is 5.82 Å². The fourth-order valence-electron chi connectivity index (χ4n) is 1.71. The number of nitrogens with zero attached hydrogens (tertiary/aromatic N) is 5. The molecular formula is C12H9Cl2N5OS. The maximum absolute atomic E-state index is 9.11. The third kappa shape index (κ3) is 2.82. The molecule has 1 N–H and O–H groups in total. The third-order valence-corrected chi connectivity index (χ3v) is 4.49. The van der Waals surface area contributed by atoms with E-state index >= 15 is 0 Å². The van der Waals surface area contributed by atoms with Gasteiger partial charge < -0.3 is 9.67 Å². The number of rotatable bonds is 3. The lowest BCUT2D eigenvalue weighted by Gasteiger charge is -2.04. The molecule has 6 nitrogen and oxygen atoms in total. The number of aliphatic hydroxyl groups excluding tert-OH is 1. The van der Waals surface area contributed by atoms with Crippen molar-refractivity contribution in [1.82, 2.24) is 24.7 Å². The molecule has 0 fully saturated rings. The monoisotopic (exact) mass is 341 g/mol. The smallest absolute Gasteiger partial charge is 0.197 e. The number of aromatic nitrogens is 5. The standard InChI is InChI=1S/C12H9Cl2N5OS/c1-19-10(5-20)17-18-12(19)21-11-4-15-8-2-6(13)7(14)3-9(8)16-11/h2-4,20H,5H2,1H3. The van der Waals surface area contributed by atoms with Crippen molar-refractivity contribution in [3.8, 4) is 0 Å². The van der Waals surface area contributed by atoms with Crippen molar-refractivity contribution in [2.24, 2.45) is 7.05 Å². The molecular weight excluding hydrogens is 333 g/mol. The van der Waals surface area contributed by atoms with E-state index in [1.54, 1.807) is 29.9 Å². The second kappa shape index (κ2) is 5.76. The molecule has 0 amide bonds. The van der Waals surface area contributed by atoms with Gasteiger partial charge in [-0.3, -0.25) is 4.98 Å². The van der Waals surface area contributed by atoms with Gasteiger partial charge in [0.15, 0.2) is 11.0 Å². The highest BCUT2D eigenvalue weighted by molar-refractivity contribution is 7.99. The minimum Gasteiger partial charge on any atom is -0.388 e. The SMILES string of the molecule is Cn1c(CO)nnc1Sc1cnc2cc(Cl)c(Cl)cc2n1. The van der Waals surface area contributed by atoms with Gasteiger partial charge in [0, 0.05) is 7.05 Å². The van der Waals surface area contributed by atoms with Crippen LogP contribution < -0.4 is 0 Å². The van der Waals surface area contributed by atoms with Crippen LogP contribution in [0.4, 0.5) is 0 Å². The molecule has 0 spiro atoms. The summed E-state index contributed by atoms with van der Waals surface area (Å²) in [4.78, 5) is 8.77. The summed E-state index contributed by atoms with van der Waals surface area (Å²) in [5.41, 5.74) is 1.32. The number of aliphatic hydroxyl groups is 1. The Labute approximate surface area is 134 Å². The molecule has 2 aromatic heterocycles. The molecule has 21 heavy (non-hydrogen) atoms. The zero-order chi connectivity index (χ0) is 15.0. The Bertz CT molecular complexity index is 823. The van der Waals surface area contributed by atoms with E-state index < -0.39 is 0 Å². The third-order valence-electron chi connectivity index (χ3n) is 2.82. The van der Waals surface area contributed by atoms with Crippen molar-refractivity contribution >= 4 is 46.0 Å². The van der Waals surface area contributed by atoms with Crippen LogP contribution in [0.3, 0.4) is 0 Å².